The number of carbonyl (C=O) groups is 3. The molecule has 0 radical (unpaired) electrons. The monoisotopic (exact) mass is 871 g/mol. The van der Waals surface area contributed by atoms with Gasteiger partial charge in [0, 0.05) is 19.3 Å². The fraction of sp³-hybridized carbons (Fsp3) is 0.596. The Hall–Kier alpha value is -4.19. The molecule has 1 unspecified atom stereocenters. The lowest BCUT2D eigenvalue weighted by molar-refractivity contribution is -0.167. The molecule has 6 heteroatoms. The first-order valence-corrected chi connectivity index (χ1v) is 25.1. The van der Waals surface area contributed by atoms with Gasteiger partial charge in [0.2, 0.25) is 0 Å². The van der Waals surface area contributed by atoms with Crippen molar-refractivity contribution in [1.29, 1.82) is 0 Å². The van der Waals surface area contributed by atoms with E-state index in [1.165, 1.54) is 25.7 Å². The lowest BCUT2D eigenvalue weighted by Gasteiger charge is -2.18. The Morgan fingerprint density at radius 2 is 0.651 bits per heavy atom. The van der Waals surface area contributed by atoms with Crippen molar-refractivity contribution in [3.05, 3.63) is 122 Å². The van der Waals surface area contributed by atoms with E-state index >= 15 is 0 Å². The molecule has 0 N–H and O–H groups in total. The minimum atomic E-state index is -0.810. The highest BCUT2D eigenvalue weighted by Crippen LogP contribution is 2.13. The van der Waals surface area contributed by atoms with Crippen LogP contribution in [0.1, 0.15) is 201 Å². The van der Waals surface area contributed by atoms with Gasteiger partial charge in [-0.15, -0.1) is 0 Å². The number of hydrogen-bond donors (Lipinski definition) is 0. The van der Waals surface area contributed by atoms with Crippen molar-refractivity contribution in [3.63, 3.8) is 0 Å². The van der Waals surface area contributed by atoms with Crippen LogP contribution in [0.2, 0.25) is 0 Å². The molecule has 0 bridgehead atoms. The number of esters is 3. The molecular formula is C57H90O6. The van der Waals surface area contributed by atoms with E-state index in [9.17, 15) is 14.4 Å². The Kier molecular flexibility index (Phi) is 47.1. The predicted molar refractivity (Wildman–Crippen MR) is 269 cm³/mol. The maximum atomic E-state index is 12.8. The molecular weight excluding hydrogens is 781 g/mol. The summed E-state index contributed by atoms with van der Waals surface area (Å²) in [6.07, 6.45) is 68.9. The molecule has 0 spiro atoms. The predicted octanol–water partition coefficient (Wildman–Crippen LogP) is 16.5. The number of allylic oxidation sites excluding steroid dienone is 20. The van der Waals surface area contributed by atoms with Gasteiger partial charge in [0.05, 0.1) is 0 Å². The van der Waals surface area contributed by atoms with Crippen LogP contribution in [0.4, 0.5) is 0 Å². The Labute approximate surface area is 386 Å². The second-order valence-electron chi connectivity index (χ2n) is 16.0. The van der Waals surface area contributed by atoms with Crippen molar-refractivity contribution < 1.29 is 28.6 Å². The van der Waals surface area contributed by atoms with Crippen LogP contribution in [-0.4, -0.2) is 37.2 Å². The summed E-state index contributed by atoms with van der Waals surface area (Å²) in [4.78, 5) is 38.0. The highest BCUT2D eigenvalue weighted by atomic mass is 16.6. The summed E-state index contributed by atoms with van der Waals surface area (Å²) in [5, 5.41) is 0. The van der Waals surface area contributed by atoms with E-state index < -0.39 is 6.10 Å². The average molecular weight is 871 g/mol. The first-order valence-electron chi connectivity index (χ1n) is 25.1. The Balaban J connectivity index is 4.52. The standard InChI is InChI=1S/C57H90O6/c1-4-7-10-13-16-19-22-25-28-30-32-35-38-41-44-47-50-56(59)62-53-54(52-61-55(58)49-46-43-40-37-34-31-27-24-21-18-15-12-9-6-3)63-57(60)51-48-45-42-39-36-33-29-26-23-20-17-14-11-8-5-2/h7-12,14,16-21,23,25-26,28-29,32,35,54H,4-6,13,15,22,24,27,30-31,33-34,36-53H2,1-3H3/b10-7-,11-8-,12-9-,17-14-,19-16-,21-18-,23-20-,28-25-,29-26-,35-32-. The topological polar surface area (TPSA) is 78.9 Å². The highest BCUT2D eigenvalue weighted by Gasteiger charge is 2.19. The smallest absolute Gasteiger partial charge is 0.306 e. The van der Waals surface area contributed by atoms with Crippen LogP contribution >= 0.6 is 0 Å². The summed E-state index contributed by atoms with van der Waals surface area (Å²) >= 11 is 0. The highest BCUT2D eigenvalue weighted by molar-refractivity contribution is 5.71. The summed E-state index contributed by atoms with van der Waals surface area (Å²) < 4.78 is 16.7. The third kappa shape index (κ3) is 48.7. The molecule has 0 fully saturated rings. The van der Waals surface area contributed by atoms with E-state index in [-0.39, 0.29) is 37.5 Å². The van der Waals surface area contributed by atoms with Gasteiger partial charge in [-0.3, -0.25) is 14.4 Å². The quantitative estimate of drug-likeness (QED) is 0.0200. The molecule has 6 nitrogen and oxygen atoms in total. The molecule has 354 valence electrons. The molecule has 63 heavy (non-hydrogen) atoms. The molecule has 0 aromatic heterocycles. The molecule has 0 aliphatic heterocycles. The molecule has 0 saturated carbocycles. The molecule has 0 aromatic carbocycles. The van der Waals surface area contributed by atoms with E-state index in [2.05, 4.69) is 118 Å². The van der Waals surface area contributed by atoms with Crippen LogP contribution in [0.25, 0.3) is 0 Å². The zero-order chi connectivity index (χ0) is 45.8. The van der Waals surface area contributed by atoms with E-state index in [1.807, 2.05) is 24.3 Å². The fourth-order valence-electron chi connectivity index (χ4n) is 6.36. The number of unbranched alkanes of at least 4 members (excludes halogenated alkanes) is 15. The largest absolute Gasteiger partial charge is 0.462 e. The van der Waals surface area contributed by atoms with Gasteiger partial charge in [-0.25, -0.2) is 0 Å². The van der Waals surface area contributed by atoms with E-state index in [0.29, 0.717) is 12.8 Å². The second-order valence-corrected chi connectivity index (χ2v) is 16.0. The molecule has 0 amide bonds. The van der Waals surface area contributed by atoms with Crippen molar-refractivity contribution in [2.45, 2.75) is 207 Å². The van der Waals surface area contributed by atoms with Gasteiger partial charge in [-0.2, -0.15) is 0 Å². The molecule has 0 aliphatic carbocycles. The molecule has 0 heterocycles. The lowest BCUT2D eigenvalue weighted by Crippen LogP contribution is -2.30. The maximum Gasteiger partial charge on any atom is 0.306 e. The molecule has 0 saturated heterocycles. The van der Waals surface area contributed by atoms with Gasteiger partial charge < -0.3 is 14.2 Å². The molecule has 0 aromatic rings. The molecule has 0 rings (SSSR count). The Bertz CT molecular complexity index is 1370. The van der Waals surface area contributed by atoms with Crippen molar-refractivity contribution in [2.24, 2.45) is 0 Å². The van der Waals surface area contributed by atoms with Crippen LogP contribution < -0.4 is 0 Å². The lowest BCUT2D eigenvalue weighted by atomic mass is 10.1. The van der Waals surface area contributed by atoms with E-state index in [0.717, 1.165) is 135 Å². The van der Waals surface area contributed by atoms with Crippen LogP contribution in [0, 0.1) is 0 Å². The first-order chi connectivity index (χ1) is 31.0. The van der Waals surface area contributed by atoms with Crippen LogP contribution in [0.3, 0.4) is 0 Å². The molecule has 0 aliphatic rings. The summed E-state index contributed by atoms with van der Waals surface area (Å²) in [5.41, 5.74) is 0. The van der Waals surface area contributed by atoms with Gasteiger partial charge in [0.15, 0.2) is 6.10 Å². The maximum absolute atomic E-state index is 12.8. The van der Waals surface area contributed by atoms with Crippen LogP contribution in [0.5, 0.6) is 0 Å². The normalized spacial score (nSPS) is 13.1. The third-order valence-corrected chi connectivity index (χ3v) is 10.0. The van der Waals surface area contributed by atoms with Gasteiger partial charge in [-0.1, -0.05) is 200 Å². The van der Waals surface area contributed by atoms with Crippen molar-refractivity contribution >= 4 is 17.9 Å². The van der Waals surface area contributed by atoms with E-state index in [1.54, 1.807) is 0 Å². The number of hydrogen-bond acceptors (Lipinski definition) is 6. The van der Waals surface area contributed by atoms with Crippen molar-refractivity contribution in [1.82, 2.24) is 0 Å². The summed E-state index contributed by atoms with van der Waals surface area (Å²) in [7, 11) is 0. The Morgan fingerprint density at radius 3 is 1.10 bits per heavy atom. The third-order valence-electron chi connectivity index (χ3n) is 10.0. The summed E-state index contributed by atoms with van der Waals surface area (Å²) in [5.74, 6) is -0.979. The van der Waals surface area contributed by atoms with Gasteiger partial charge >= 0.3 is 17.9 Å². The number of rotatable bonds is 43. The minimum absolute atomic E-state index is 0.106. The van der Waals surface area contributed by atoms with Crippen LogP contribution in [-0.2, 0) is 28.6 Å². The van der Waals surface area contributed by atoms with Crippen molar-refractivity contribution in [2.75, 3.05) is 13.2 Å². The van der Waals surface area contributed by atoms with Gasteiger partial charge in [0.25, 0.3) is 0 Å². The minimum Gasteiger partial charge on any atom is -0.462 e. The average Bonchev–Trinajstić information content (AvgIpc) is 3.28. The summed E-state index contributed by atoms with van der Waals surface area (Å²) in [6, 6.07) is 0. The number of carbonyl (C=O) groups excluding carboxylic acids is 3. The summed E-state index contributed by atoms with van der Waals surface area (Å²) in [6.45, 7) is 6.20. The number of ether oxygens (including phenoxy) is 3. The zero-order valence-corrected chi connectivity index (χ0v) is 40.3. The van der Waals surface area contributed by atoms with Crippen molar-refractivity contribution in [3.8, 4) is 0 Å². The zero-order valence-electron chi connectivity index (χ0n) is 40.3. The second kappa shape index (κ2) is 50.5. The first kappa shape index (κ1) is 58.8. The SMILES string of the molecule is CC\C=C/C=C\C=C/C=C\CCCCCCCC(=O)OC(COC(=O)CCCCC/C=C\C/C=C\C/C=C\C/C=C\CC)COC(=O)CCCCCCCCC/C=C\C/C=C\CC. The van der Waals surface area contributed by atoms with E-state index in [4.69, 9.17) is 14.2 Å². The fourth-order valence-corrected chi connectivity index (χ4v) is 6.36. The van der Waals surface area contributed by atoms with Gasteiger partial charge in [0.1, 0.15) is 13.2 Å². The van der Waals surface area contributed by atoms with Crippen LogP contribution in [0.15, 0.2) is 122 Å². The Morgan fingerprint density at radius 1 is 0.333 bits per heavy atom. The van der Waals surface area contributed by atoms with Gasteiger partial charge in [-0.05, 0) is 103 Å². The molecule has 1 atom stereocenters.